The Hall–Kier alpha value is -2.99. The van der Waals surface area contributed by atoms with E-state index in [-0.39, 0.29) is 11.8 Å². The van der Waals surface area contributed by atoms with E-state index in [2.05, 4.69) is 54.5 Å². The van der Waals surface area contributed by atoms with Crippen molar-refractivity contribution in [2.45, 2.75) is 47.2 Å². The van der Waals surface area contributed by atoms with Gasteiger partial charge in [0, 0.05) is 55.6 Å². The van der Waals surface area contributed by atoms with Gasteiger partial charge in [0.05, 0.1) is 13.2 Å². The molecule has 34 heavy (non-hydrogen) atoms. The summed E-state index contributed by atoms with van der Waals surface area (Å²) in [5.41, 5.74) is 4.51. The minimum absolute atomic E-state index is 0.120. The van der Waals surface area contributed by atoms with Crippen LogP contribution in [0.2, 0.25) is 0 Å². The fourth-order valence-corrected chi connectivity index (χ4v) is 4.63. The zero-order chi connectivity index (χ0) is 24.1. The third kappa shape index (κ3) is 5.73. The molecular formula is C28H37N3O3. The number of aromatic amines is 1. The smallest absolute Gasteiger partial charge is 0.226 e. The molecule has 1 aliphatic heterocycles. The number of hydrogen-bond donors (Lipinski definition) is 2. The Morgan fingerprint density at radius 1 is 1.15 bits per heavy atom. The maximum absolute atomic E-state index is 13.5. The van der Waals surface area contributed by atoms with E-state index in [1.807, 2.05) is 31.0 Å². The average molecular weight is 464 g/mol. The lowest BCUT2D eigenvalue weighted by atomic mass is 10.1. The summed E-state index contributed by atoms with van der Waals surface area (Å²) in [7, 11) is 0. The predicted octanol–water partition coefficient (Wildman–Crippen LogP) is 5.05. The second-order valence-corrected chi connectivity index (χ2v) is 9.79. The molecule has 2 aromatic carbocycles. The summed E-state index contributed by atoms with van der Waals surface area (Å²) in [6, 6.07) is 12.5. The van der Waals surface area contributed by atoms with Gasteiger partial charge in [-0.25, -0.2) is 0 Å². The monoisotopic (exact) mass is 463 g/mol. The summed E-state index contributed by atoms with van der Waals surface area (Å²) in [5, 5.41) is 4.72. The van der Waals surface area contributed by atoms with Crippen molar-refractivity contribution in [2.24, 2.45) is 11.8 Å². The minimum atomic E-state index is -0.120. The standard InChI is InChI=1S/C28H37N3O3/c1-19(2)17-31(18-22-13-20(3)27-26(14-22)33-11-6-12-34-27)28(32)21(4)15-29-16-23-7-5-8-25-24(23)9-10-30-25/h5,7-10,13-14,19,21,29-30H,6,11-12,15-18H2,1-4H3. The summed E-state index contributed by atoms with van der Waals surface area (Å²) in [6.07, 6.45) is 2.84. The van der Waals surface area contributed by atoms with Gasteiger partial charge in [-0.1, -0.05) is 39.0 Å². The molecular weight excluding hydrogens is 426 g/mol. The Bertz CT molecular complexity index is 1120. The van der Waals surface area contributed by atoms with E-state index in [1.165, 1.54) is 10.9 Å². The molecule has 4 rings (SSSR count). The SMILES string of the molecule is Cc1cc(CN(CC(C)C)C(=O)C(C)CNCc2cccc3[nH]ccc23)cc2c1OCCCO2. The summed E-state index contributed by atoms with van der Waals surface area (Å²) < 4.78 is 11.8. The number of H-pyrrole nitrogens is 1. The Morgan fingerprint density at radius 2 is 1.97 bits per heavy atom. The van der Waals surface area contributed by atoms with Gasteiger partial charge in [-0.15, -0.1) is 0 Å². The predicted molar refractivity (Wildman–Crippen MR) is 136 cm³/mol. The van der Waals surface area contributed by atoms with E-state index >= 15 is 0 Å². The number of nitrogens with one attached hydrogen (secondary N) is 2. The summed E-state index contributed by atoms with van der Waals surface area (Å²) >= 11 is 0. The number of nitrogens with zero attached hydrogens (tertiary/aromatic N) is 1. The van der Waals surface area contributed by atoms with Crippen LogP contribution < -0.4 is 14.8 Å². The number of rotatable bonds is 9. The Kier molecular flexibility index (Phi) is 7.78. The topological polar surface area (TPSA) is 66.6 Å². The molecule has 6 heteroatoms. The second kappa shape index (κ2) is 11.0. The first-order chi connectivity index (χ1) is 16.4. The number of hydrogen-bond acceptors (Lipinski definition) is 4. The average Bonchev–Trinajstić information content (AvgIpc) is 3.16. The van der Waals surface area contributed by atoms with Gasteiger partial charge < -0.3 is 24.7 Å². The normalized spacial score (nSPS) is 14.3. The molecule has 1 atom stereocenters. The van der Waals surface area contributed by atoms with Gasteiger partial charge in [-0.05, 0) is 47.7 Å². The molecule has 0 spiro atoms. The van der Waals surface area contributed by atoms with E-state index in [0.29, 0.717) is 32.2 Å². The van der Waals surface area contributed by atoms with Crippen molar-refractivity contribution in [2.75, 3.05) is 26.3 Å². The van der Waals surface area contributed by atoms with E-state index in [1.54, 1.807) is 0 Å². The molecule has 1 unspecified atom stereocenters. The van der Waals surface area contributed by atoms with Gasteiger partial charge in [0.15, 0.2) is 11.5 Å². The lowest BCUT2D eigenvalue weighted by molar-refractivity contribution is -0.136. The van der Waals surface area contributed by atoms with Crippen LogP contribution in [0.15, 0.2) is 42.6 Å². The van der Waals surface area contributed by atoms with Crippen LogP contribution in [0.25, 0.3) is 10.9 Å². The fourth-order valence-electron chi connectivity index (χ4n) is 4.63. The van der Waals surface area contributed by atoms with Crippen LogP contribution in [0.5, 0.6) is 11.5 Å². The van der Waals surface area contributed by atoms with Gasteiger partial charge in [0.2, 0.25) is 5.91 Å². The molecule has 0 radical (unpaired) electrons. The van der Waals surface area contributed by atoms with Gasteiger partial charge in [0.1, 0.15) is 0 Å². The molecule has 2 N–H and O–H groups in total. The van der Waals surface area contributed by atoms with Crippen molar-refractivity contribution in [3.63, 3.8) is 0 Å². The quantitative estimate of drug-likeness (QED) is 0.466. The van der Waals surface area contributed by atoms with E-state index in [9.17, 15) is 4.79 Å². The first-order valence-electron chi connectivity index (χ1n) is 12.4. The molecule has 2 heterocycles. The number of aryl methyl sites for hydroxylation is 1. The molecule has 6 nitrogen and oxygen atoms in total. The number of carbonyl (C=O) groups is 1. The molecule has 1 amide bonds. The maximum atomic E-state index is 13.5. The zero-order valence-electron chi connectivity index (χ0n) is 20.8. The van der Waals surface area contributed by atoms with Crippen molar-refractivity contribution in [3.8, 4) is 11.5 Å². The molecule has 0 saturated heterocycles. The van der Waals surface area contributed by atoms with Gasteiger partial charge >= 0.3 is 0 Å². The van der Waals surface area contributed by atoms with Gasteiger partial charge in [0.25, 0.3) is 0 Å². The molecule has 0 aliphatic carbocycles. The number of amides is 1. The second-order valence-electron chi connectivity index (χ2n) is 9.79. The van der Waals surface area contributed by atoms with Crippen LogP contribution in [0, 0.1) is 18.8 Å². The summed E-state index contributed by atoms with van der Waals surface area (Å²) in [5.74, 6) is 2.06. The third-order valence-corrected chi connectivity index (χ3v) is 6.24. The molecule has 0 fully saturated rings. The molecule has 1 aliphatic rings. The number of fused-ring (bicyclic) bond motifs is 2. The number of aromatic nitrogens is 1. The molecule has 182 valence electrons. The fraction of sp³-hybridized carbons (Fsp3) is 0.464. The van der Waals surface area contributed by atoms with Crippen molar-refractivity contribution < 1.29 is 14.3 Å². The van der Waals surface area contributed by atoms with Crippen LogP contribution in [0.1, 0.15) is 43.9 Å². The van der Waals surface area contributed by atoms with E-state index in [4.69, 9.17) is 9.47 Å². The highest BCUT2D eigenvalue weighted by Gasteiger charge is 2.23. The van der Waals surface area contributed by atoms with Crippen LogP contribution in [-0.2, 0) is 17.9 Å². The summed E-state index contributed by atoms with van der Waals surface area (Å²) in [4.78, 5) is 18.7. The molecule has 0 saturated carbocycles. The van der Waals surface area contributed by atoms with Crippen molar-refractivity contribution >= 4 is 16.8 Å². The number of benzene rings is 2. The van der Waals surface area contributed by atoms with Crippen molar-refractivity contribution in [1.29, 1.82) is 0 Å². The first-order valence-corrected chi connectivity index (χ1v) is 12.4. The molecule has 0 bridgehead atoms. The summed E-state index contributed by atoms with van der Waals surface area (Å²) in [6.45, 7) is 12.4. The highest BCUT2D eigenvalue weighted by Crippen LogP contribution is 2.35. The Morgan fingerprint density at radius 3 is 2.79 bits per heavy atom. The number of ether oxygens (including phenoxy) is 2. The molecule has 3 aromatic rings. The number of carbonyl (C=O) groups excluding carboxylic acids is 1. The third-order valence-electron chi connectivity index (χ3n) is 6.24. The lowest BCUT2D eigenvalue weighted by Gasteiger charge is -2.28. The van der Waals surface area contributed by atoms with Crippen LogP contribution in [-0.4, -0.2) is 42.1 Å². The molecule has 1 aromatic heterocycles. The van der Waals surface area contributed by atoms with Crippen LogP contribution in [0.3, 0.4) is 0 Å². The Labute approximate surface area is 202 Å². The highest BCUT2D eigenvalue weighted by atomic mass is 16.5. The van der Waals surface area contributed by atoms with Crippen LogP contribution >= 0.6 is 0 Å². The van der Waals surface area contributed by atoms with E-state index in [0.717, 1.165) is 47.7 Å². The zero-order valence-corrected chi connectivity index (χ0v) is 20.8. The van der Waals surface area contributed by atoms with Crippen molar-refractivity contribution in [3.05, 3.63) is 59.3 Å². The van der Waals surface area contributed by atoms with Gasteiger partial charge in [-0.3, -0.25) is 4.79 Å². The maximum Gasteiger partial charge on any atom is 0.226 e. The van der Waals surface area contributed by atoms with Gasteiger partial charge in [-0.2, -0.15) is 0 Å². The van der Waals surface area contributed by atoms with Crippen molar-refractivity contribution in [1.82, 2.24) is 15.2 Å². The minimum Gasteiger partial charge on any atom is -0.490 e. The van der Waals surface area contributed by atoms with E-state index < -0.39 is 0 Å². The largest absolute Gasteiger partial charge is 0.490 e. The van der Waals surface area contributed by atoms with Crippen LogP contribution in [0.4, 0.5) is 0 Å². The Balaban J connectivity index is 1.41. The lowest BCUT2D eigenvalue weighted by Crippen LogP contribution is -2.40. The highest BCUT2D eigenvalue weighted by molar-refractivity contribution is 5.83. The first kappa shape index (κ1) is 24.1.